The fraction of sp³-hybridized carbons (Fsp3) is 0.318. The molecule has 0 amide bonds. The number of benzene rings is 2. The Kier molecular flexibility index (Phi) is 9.04. The third-order valence-electron chi connectivity index (χ3n) is 4.07. The zero-order valence-corrected chi connectivity index (χ0v) is 16.0. The van der Waals surface area contributed by atoms with Crippen molar-refractivity contribution in [3.05, 3.63) is 66.2 Å². The lowest BCUT2D eigenvalue weighted by Gasteiger charge is -2.14. The highest BCUT2D eigenvalue weighted by atomic mass is 16.5. The van der Waals surface area contributed by atoms with Gasteiger partial charge in [0.1, 0.15) is 24.2 Å². The molecule has 0 aliphatic heterocycles. The first-order valence-corrected chi connectivity index (χ1v) is 9.25. The van der Waals surface area contributed by atoms with Crippen molar-refractivity contribution in [2.45, 2.75) is 19.4 Å². The molecule has 1 atom stereocenters. The van der Waals surface area contributed by atoms with Gasteiger partial charge in [-0.15, -0.1) is 0 Å². The Balaban J connectivity index is 1.69. The van der Waals surface area contributed by atoms with Crippen LogP contribution in [0.5, 0.6) is 11.5 Å². The second-order valence-corrected chi connectivity index (χ2v) is 6.25. The molecule has 0 aliphatic carbocycles. The standard InChI is InChI=1S/C22H27NO5/c1-2-17(18-8-10-21(11-9-18)28-16-22(25)26)12-13-23-14-19(24)15-27-20-6-4-3-5-7-20/h2-11,19,23-24H,12-16H2,1H3,(H,25,26)/b17-2-. The van der Waals surface area contributed by atoms with Crippen LogP contribution in [-0.2, 0) is 4.79 Å². The van der Waals surface area contributed by atoms with Gasteiger partial charge < -0.3 is 25.0 Å². The predicted molar refractivity (Wildman–Crippen MR) is 109 cm³/mol. The lowest BCUT2D eigenvalue weighted by molar-refractivity contribution is -0.139. The molecule has 0 aliphatic rings. The van der Waals surface area contributed by atoms with Crippen LogP contribution in [-0.4, -0.2) is 48.6 Å². The third-order valence-corrected chi connectivity index (χ3v) is 4.07. The van der Waals surface area contributed by atoms with Gasteiger partial charge in [-0.2, -0.15) is 0 Å². The van der Waals surface area contributed by atoms with E-state index in [1.165, 1.54) is 0 Å². The van der Waals surface area contributed by atoms with E-state index >= 15 is 0 Å². The van der Waals surface area contributed by atoms with E-state index in [0.29, 0.717) is 12.3 Å². The number of ether oxygens (including phenoxy) is 2. The highest BCUT2D eigenvalue weighted by Gasteiger charge is 2.06. The van der Waals surface area contributed by atoms with Crippen molar-refractivity contribution in [2.24, 2.45) is 0 Å². The van der Waals surface area contributed by atoms with Crippen molar-refractivity contribution >= 4 is 11.5 Å². The summed E-state index contributed by atoms with van der Waals surface area (Å²) in [5, 5.41) is 21.9. The second kappa shape index (κ2) is 11.8. The van der Waals surface area contributed by atoms with Gasteiger partial charge in [0.15, 0.2) is 6.61 Å². The van der Waals surface area contributed by atoms with Crippen LogP contribution in [0, 0.1) is 0 Å². The minimum absolute atomic E-state index is 0.241. The van der Waals surface area contributed by atoms with Crippen LogP contribution in [0.15, 0.2) is 60.7 Å². The molecule has 0 bridgehead atoms. The highest BCUT2D eigenvalue weighted by molar-refractivity contribution is 5.69. The summed E-state index contributed by atoms with van der Waals surface area (Å²) in [6, 6.07) is 16.8. The lowest BCUT2D eigenvalue weighted by atomic mass is 10.0. The molecule has 0 saturated carbocycles. The molecule has 0 spiro atoms. The van der Waals surface area contributed by atoms with E-state index in [1.54, 1.807) is 12.1 Å². The summed E-state index contributed by atoms with van der Waals surface area (Å²) in [7, 11) is 0. The molecule has 0 fully saturated rings. The lowest BCUT2D eigenvalue weighted by Crippen LogP contribution is -2.32. The summed E-state index contributed by atoms with van der Waals surface area (Å²) in [4.78, 5) is 10.5. The number of carboxylic acids is 1. The summed E-state index contributed by atoms with van der Waals surface area (Å²) in [6.07, 6.45) is 2.27. The van der Waals surface area contributed by atoms with E-state index in [-0.39, 0.29) is 13.2 Å². The Morgan fingerprint density at radius 3 is 2.39 bits per heavy atom. The smallest absolute Gasteiger partial charge is 0.341 e. The molecule has 28 heavy (non-hydrogen) atoms. The van der Waals surface area contributed by atoms with Crippen molar-refractivity contribution in [1.82, 2.24) is 5.32 Å². The number of aliphatic carboxylic acids is 1. The van der Waals surface area contributed by atoms with Gasteiger partial charge in [-0.3, -0.25) is 0 Å². The number of allylic oxidation sites excluding steroid dienone is 1. The van der Waals surface area contributed by atoms with Crippen LogP contribution in [0.2, 0.25) is 0 Å². The predicted octanol–water partition coefficient (Wildman–Crippen LogP) is 2.97. The average Bonchev–Trinajstić information content (AvgIpc) is 2.72. The van der Waals surface area contributed by atoms with Gasteiger partial charge in [0.25, 0.3) is 0 Å². The number of hydrogen-bond donors (Lipinski definition) is 3. The maximum Gasteiger partial charge on any atom is 0.341 e. The third kappa shape index (κ3) is 7.82. The van der Waals surface area contributed by atoms with E-state index in [9.17, 15) is 9.90 Å². The van der Waals surface area contributed by atoms with Gasteiger partial charge in [0.2, 0.25) is 0 Å². The molecule has 0 aromatic heterocycles. The zero-order chi connectivity index (χ0) is 20.2. The molecular formula is C22H27NO5. The van der Waals surface area contributed by atoms with Gasteiger partial charge in [-0.05, 0) is 55.3 Å². The monoisotopic (exact) mass is 385 g/mol. The second-order valence-electron chi connectivity index (χ2n) is 6.25. The maximum absolute atomic E-state index is 10.5. The van der Waals surface area contributed by atoms with Gasteiger partial charge >= 0.3 is 5.97 Å². The first-order chi connectivity index (χ1) is 13.6. The largest absolute Gasteiger partial charge is 0.491 e. The van der Waals surface area contributed by atoms with Crippen molar-refractivity contribution < 1.29 is 24.5 Å². The van der Waals surface area contributed by atoms with Gasteiger partial charge in [0, 0.05) is 6.54 Å². The first-order valence-electron chi connectivity index (χ1n) is 9.25. The van der Waals surface area contributed by atoms with Crippen LogP contribution < -0.4 is 14.8 Å². The molecule has 1 unspecified atom stereocenters. The molecule has 2 aromatic carbocycles. The van der Waals surface area contributed by atoms with Crippen LogP contribution in [0.4, 0.5) is 0 Å². The highest BCUT2D eigenvalue weighted by Crippen LogP contribution is 2.21. The van der Waals surface area contributed by atoms with Crippen LogP contribution in [0.25, 0.3) is 5.57 Å². The molecule has 150 valence electrons. The number of aliphatic hydroxyl groups is 1. The number of nitrogens with one attached hydrogen (secondary N) is 1. The van der Waals surface area contributed by atoms with Gasteiger partial charge in [-0.25, -0.2) is 4.79 Å². The number of carbonyl (C=O) groups is 1. The number of rotatable bonds is 12. The van der Waals surface area contributed by atoms with Crippen LogP contribution in [0.3, 0.4) is 0 Å². The Labute approximate surface area is 165 Å². The number of carboxylic acid groups (broad SMARTS) is 1. The Bertz CT molecular complexity index is 743. The first kappa shape index (κ1) is 21.5. The number of aliphatic hydroxyl groups excluding tert-OH is 1. The van der Waals surface area contributed by atoms with E-state index in [4.69, 9.17) is 14.6 Å². The summed E-state index contributed by atoms with van der Waals surface area (Å²) < 4.78 is 10.7. The summed E-state index contributed by atoms with van der Waals surface area (Å²) in [5.74, 6) is 0.274. The minimum Gasteiger partial charge on any atom is -0.491 e. The molecule has 2 rings (SSSR count). The summed E-state index contributed by atoms with van der Waals surface area (Å²) in [6.45, 7) is 3.04. The van der Waals surface area contributed by atoms with Crippen LogP contribution in [0.1, 0.15) is 18.9 Å². The van der Waals surface area contributed by atoms with E-state index in [1.807, 2.05) is 55.5 Å². The normalized spacial score (nSPS) is 12.4. The fourth-order valence-corrected chi connectivity index (χ4v) is 2.63. The topological polar surface area (TPSA) is 88.0 Å². The van der Waals surface area contributed by atoms with Crippen molar-refractivity contribution in [2.75, 3.05) is 26.3 Å². The molecule has 6 nitrogen and oxygen atoms in total. The summed E-state index contributed by atoms with van der Waals surface area (Å²) >= 11 is 0. The molecule has 0 saturated heterocycles. The minimum atomic E-state index is -0.999. The average molecular weight is 385 g/mol. The molecule has 0 radical (unpaired) electrons. The van der Waals surface area contributed by atoms with Gasteiger partial charge in [0.05, 0.1) is 0 Å². The molecule has 6 heteroatoms. The SMILES string of the molecule is C/C=C(/CCNCC(O)COc1ccccc1)c1ccc(OCC(=O)O)cc1. The molecule has 2 aromatic rings. The Morgan fingerprint density at radius 1 is 1.07 bits per heavy atom. The Morgan fingerprint density at radius 2 is 1.75 bits per heavy atom. The number of para-hydroxylation sites is 1. The van der Waals surface area contributed by atoms with E-state index in [0.717, 1.165) is 29.9 Å². The maximum atomic E-state index is 10.5. The van der Waals surface area contributed by atoms with Crippen molar-refractivity contribution in [3.8, 4) is 11.5 Å². The van der Waals surface area contributed by atoms with E-state index < -0.39 is 12.1 Å². The summed E-state index contributed by atoms with van der Waals surface area (Å²) in [5.41, 5.74) is 2.22. The quantitative estimate of drug-likeness (QED) is 0.487. The fourth-order valence-electron chi connectivity index (χ4n) is 2.63. The van der Waals surface area contributed by atoms with E-state index in [2.05, 4.69) is 5.32 Å². The molecular weight excluding hydrogens is 358 g/mol. The number of hydrogen-bond acceptors (Lipinski definition) is 5. The zero-order valence-electron chi connectivity index (χ0n) is 16.0. The molecule has 0 heterocycles. The molecule has 3 N–H and O–H groups in total. The van der Waals surface area contributed by atoms with Crippen molar-refractivity contribution in [3.63, 3.8) is 0 Å². The van der Waals surface area contributed by atoms with Gasteiger partial charge in [-0.1, -0.05) is 36.4 Å². The van der Waals surface area contributed by atoms with Crippen LogP contribution >= 0.6 is 0 Å². The van der Waals surface area contributed by atoms with Crippen molar-refractivity contribution in [1.29, 1.82) is 0 Å². The Hall–Kier alpha value is -2.83.